The molecular formula is C15H19NO3. The number of carbonyl (C=O) groups excluding carboxylic acids is 1. The maximum Gasteiger partial charge on any atom is 0.250 e. The molecular weight excluding hydrogens is 242 g/mol. The standard InChI is InChI=1S/C15H19NO3/c1-19-14-9-7-13(8-10-14)16(18)15(17)11-12-5-3-2-4-6-12/h2-7,9,13-14,18H,8,10-11H2,1H3/t13-,14+/m0/s1. The van der Waals surface area contributed by atoms with E-state index in [4.69, 9.17) is 4.74 Å². The summed E-state index contributed by atoms with van der Waals surface area (Å²) in [5.41, 5.74) is 0.904. The van der Waals surface area contributed by atoms with E-state index < -0.39 is 0 Å². The lowest BCUT2D eigenvalue weighted by molar-refractivity contribution is -0.172. The second-order valence-corrected chi connectivity index (χ2v) is 4.70. The Kier molecular flexibility index (Phi) is 4.71. The van der Waals surface area contributed by atoms with Crippen LogP contribution >= 0.6 is 0 Å². The lowest BCUT2D eigenvalue weighted by Gasteiger charge is -2.28. The minimum absolute atomic E-state index is 0.0916. The first-order valence-corrected chi connectivity index (χ1v) is 6.46. The second kappa shape index (κ2) is 6.50. The molecule has 0 fully saturated rings. The minimum atomic E-state index is -0.281. The Morgan fingerprint density at radius 1 is 1.32 bits per heavy atom. The van der Waals surface area contributed by atoms with E-state index in [9.17, 15) is 10.0 Å². The van der Waals surface area contributed by atoms with Crippen LogP contribution in [0.15, 0.2) is 42.5 Å². The largest absolute Gasteiger partial charge is 0.377 e. The number of hydrogen-bond acceptors (Lipinski definition) is 3. The van der Waals surface area contributed by atoms with Crippen LogP contribution in [-0.2, 0) is 16.0 Å². The molecule has 1 aliphatic rings. The average molecular weight is 261 g/mol. The van der Waals surface area contributed by atoms with Crippen LogP contribution in [-0.4, -0.2) is 35.4 Å². The zero-order chi connectivity index (χ0) is 13.7. The fourth-order valence-electron chi connectivity index (χ4n) is 2.22. The van der Waals surface area contributed by atoms with E-state index in [-0.39, 0.29) is 24.5 Å². The summed E-state index contributed by atoms with van der Waals surface area (Å²) in [6.07, 6.45) is 5.57. The molecule has 0 bridgehead atoms. The van der Waals surface area contributed by atoms with Gasteiger partial charge in [-0.3, -0.25) is 10.0 Å². The lowest BCUT2D eigenvalue weighted by atomic mass is 10.00. The van der Waals surface area contributed by atoms with Gasteiger partial charge >= 0.3 is 0 Å². The summed E-state index contributed by atoms with van der Waals surface area (Å²) in [5.74, 6) is -0.281. The zero-order valence-corrected chi connectivity index (χ0v) is 11.0. The third kappa shape index (κ3) is 3.66. The summed E-state index contributed by atoms with van der Waals surface area (Å²) >= 11 is 0. The van der Waals surface area contributed by atoms with Crippen molar-refractivity contribution in [2.24, 2.45) is 0 Å². The summed E-state index contributed by atoms with van der Waals surface area (Å²) in [5, 5.41) is 10.8. The van der Waals surface area contributed by atoms with Gasteiger partial charge < -0.3 is 4.74 Å². The molecule has 2 atom stereocenters. The minimum Gasteiger partial charge on any atom is -0.377 e. The fourth-order valence-corrected chi connectivity index (χ4v) is 2.22. The van der Waals surface area contributed by atoms with E-state index in [1.165, 1.54) is 0 Å². The van der Waals surface area contributed by atoms with Crippen molar-refractivity contribution in [3.63, 3.8) is 0 Å². The number of hydrogen-bond donors (Lipinski definition) is 1. The molecule has 2 rings (SSSR count). The van der Waals surface area contributed by atoms with Gasteiger partial charge in [-0.15, -0.1) is 0 Å². The molecule has 0 spiro atoms. The molecule has 0 radical (unpaired) electrons. The molecule has 1 aromatic rings. The Labute approximate surface area is 113 Å². The van der Waals surface area contributed by atoms with Crippen LogP contribution in [0.2, 0.25) is 0 Å². The van der Waals surface area contributed by atoms with Gasteiger partial charge in [0.25, 0.3) is 5.91 Å². The molecule has 1 aliphatic carbocycles. The van der Waals surface area contributed by atoms with Crippen LogP contribution in [0.3, 0.4) is 0 Å². The van der Waals surface area contributed by atoms with E-state index in [0.29, 0.717) is 6.42 Å². The van der Waals surface area contributed by atoms with Crippen molar-refractivity contribution in [3.05, 3.63) is 48.0 Å². The van der Waals surface area contributed by atoms with Gasteiger partial charge in [-0.05, 0) is 18.4 Å². The van der Waals surface area contributed by atoms with E-state index in [2.05, 4.69) is 0 Å². The number of amides is 1. The smallest absolute Gasteiger partial charge is 0.250 e. The summed E-state index contributed by atoms with van der Waals surface area (Å²) in [7, 11) is 1.66. The predicted molar refractivity (Wildman–Crippen MR) is 71.7 cm³/mol. The molecule has 19 heavy (non-hydrogen) atoms. The number of benzene rings is 1. The molecule has 0 aliphatic heterocycles. The Hall–Kier alpha value is -1.65. The van der Waals surface area contributed by atoms with Crippen molar-refractivity contribution in [1.82, 2.24) is 5.06 Å². The summed E-state index contributed by atoms with van der Waals surface area (Å²) in [6, 6.07) is 9.18. The highest BCUT2D eigenvalue weighted by molar-refractivity contribution is 5.78. The van der Waals surface area contributed by atoms with E-state index in [1.807, 2.05) is 42.5 Å². The molecule has 102 valence electrons. The molecule has 1 N–H and O–H groups in total. The Morgan fingerprint density at radius 2 is 2.05 bits per heavy atom. The van der Waals surface area contributed by atoms with Crippen molar-refractivity contribution >= 4 is 5.91 Å². The highest BCUT2D eigenvalue weighted by Crippen LogP contribution is 2.18. The van der Waals surface area contributed by atoms with Gasteiger partial charge in [0.1, 0.15) is 0 Å². The van der Waals surface area contributed by atoms with Gasteiger partial charge in [-0.1, -0.05) is 42.5 Å². The van der Waals surface area contributed by atoms with Gasteiger partial charge in [0.15, 0.2) is 0 Å². The van der Waals surface area contributed by atoms with Crippen LogP contribution in [0, 0.1) is 0 Å². The van der Waals surface area contributed by atoms with Crippen LogP contribution in [0.25, 0.3) is 0 Å². The van der Waals surface area contributed by atoms with Crippen LogP contribution < -0.4 is 0 Å². The van der Waals surface area contributed by atoms with Crippen LogP contribution in [0.1, 0.15) is 18.4 Å². The van der Waals surface area contributed by atoms with Crippen LogP contribution in [0.5, 0.6) is 0 Å². The summed E-state index contributed by atoms with van der Waals surface area (Å²) < 4.78 is 5.20. The molecule has 0 unspecified atom stereocenters. The molecule has 4 heteroatoms. The molecule has 0 aromatic heterocycles. The molecule has 0 saturated heterocycles. The number of methoxy groups -OCH3 is 1. The quantitative estimate of drug-likeness (QED) is 0.513. The third-order valence-electron chi connectivity index (χ3n) is 3.37. The zero-order valence-electron chi connectivity index (χ0n) is 11.0. The van der Waals surface area contributed by atoms with Gasteiger partial charge in [0.2, 0.25) is 0 Å². The highest BCUT2D eigenvalue weighted by atomic mass is 16.5. The number of nitrogens with zero attached hydrogens (tertiary/aromatic N) is 1. The molecule has 0 saturated carbocycles. The summed E-state index contributed by atoms with van der Waals surface area (Å²) in [4.78, 5) is 12.0. The number of carbonyl (C=O) groups is 1. The first-order chi connectivity index (χ1) is 9.20. The maximum atomic E-state index is 12.0. The Bertz CT molecular complexity index is 444. The topological polar surface area (TPSA) is 49.8 Å². The SMILES string of the molecule is CO[C@@H]1C=C[C@H](N(O)C(=O)Cc2ccccc2)CC1. The first-order valence-electron chi connectivity index (χ1n) is 6.46. The maximum absolute atomic E-state index is 12.0. The Balaban J connectivity index is 1.93. The van der Waals surface area contributed by atoms with Crippen molar-refractivity contribution in [2.75, 3.05) is 7.11 Å². The van der Waals surface area contributed by atoms with Gasteiger partial charge in [0.05, 0.1) is 18.6 Å². The third-order valence-corrected chi connectivity index (χ3v) is 3.37. The number of ether oxygens (including phenoxy) is 1. The van der Waals surface area contributed by atoms with Crippen molar-refractivity contribution < 1.29 is 14.7 Å². The average Bonchev–Trinajstić information content (AvgIpc) is 2.47. The van der Waals surface area contributed by atoms with Crippen molar-refractivity contribution in [3.8, 4) is 0 Å². The second-order valence-electron chi connectivity index (χ2n) is 4.70. The van der Waals surface area contributed by atoms with E-state index in [1.54, 1.807) is 7.11 Å². The van der Waals surface area contributed by atoms with Crippen molar-refractivity contribution in [2.45, 2.75) is 31.4 Å². The molecule has 4 nitrogen and oxygen atoms in total. The monoisotopic (exact) mass is 261 g/mol. The van der Waals surface area contributed by atoms with Gasteiger partial charge in [-0.25, -0.2) is 5.06 Å². The van der Waals surface area contributed by atoms with Crippen molar-refractivity contribution in [1.29, 1.82) is 0 Å². The number of hydroxylamine groups is 2. The first kappa shape index (κ1) is 13.8. The van der Waals surface area contributed by atoms with Gasteiger partial charge in [0, 0.05) is 7.11 Å². The summed E-state index contributed by atoms with van der Waals surface area (Å²) in [6.45, 7) is 0. The fraction of sp³-hybridized carbons (Fsp3) is 0.400. The van der Waals surface area contributed by atoms with Crippen LogP contribution in [0.4, 0.5) is 0 Å². The normalized spacial score (nSPS) is 22.2. The van der Waals surface area contributed by atoms with Gasteiger partial charge in [-0.2, -0.15) is 0 Å². The molecule has 1 amide bonds. The molecule has 1 aromatic carbocycles. The lowest BCUT2D eigenvalue weighted by Crippen LogP contribution is -2.39. The Morgan fingerprint density at radius 3 is 2.63 bits per heavy atom. The predicted octanol–water partition coefficient (Wildman–Crippen LogP) is 2.18. The molecule has 0 heterocycles. The van der Waals surface area contributed by atoms with E-state index in [0.717, 1.165) is 17.0 Å². The van der Waals surface area contributed by atoms with E-state index >= 15 is 0 Å². The highest BCUT2D eigenvalue weighted by Gasteiger charge is 2.24. The number of rotatable bonds is 4.